The Hall–Kier alpha value is -3.79. The number of rotatable bonds is 4. The van der Waals surface area contributed by atoms with Crippen LogP contribution in [-0.4, -0.2) is 49.0 Å². The molecule has 2 aromatic carbocycles. The number of anilines is 1. The molecule has 1 fully saturated rings. The minimum Gasteiger partial charge on any atom is -0.322 e. The van der Waals surface area contributed by atoms with E-state index in [1.54, 1.807) is 15.6 Å². The van der Waals surface area contributed by atoms with Crippen molar-refractivity contribution in [1.29, 1.82) is 0 Å². The van der Waals surface area contributed by atoms with Gasteiger partial charge in [-0.05, 0) is 48.7 Å². The van der Waals surface area contributed by atoms with Crippen molar-refractivity contribution in [3.8, 4) is 0 Å². The molecule has 2 aromatic heterocycles. The van der Waals surface area contributed by atoms with E-state index in [4.69, 9.17) is 11.6 Å². The van der Waals surface area contributed by atoms with Crippen LogP contribution in [0.2, 0.25) is 5.02 Å². The third-order valence-corrected chi connectivity index (χ3v) is 6.19. The van der Waals surface area contributed by atoms with Crippen LogP contribution in [0, 0.1) is 5.82 Å². The number of piperidine rings is 1. The third-order valence-electron chi connectivity index (χ3n) is 5.82. The zero-order chi connectivity index (χ0) is 23.7. The fourth-order valence-corrected chi connectivity index (χ4v) is 4.31. The van der Waals surface area contributed by atoms with Crippen molar-refractivity contribution in [1.82, 2.24) is 29.9 Å². The van der Waals surface area contributed by atoms with E-state index in [1.807, 2.05) is 18.2 Å². The van der Waals surface area contributed by atoms with E-state index < -0.39 is 0 Å². The van der Waals surface area contributed by atoms with Crippen LogP contribution in [0.15, 0.2) is 53.3 Å². The van der Waals surface area contributed by atoms with Crippen LogP contribution in [0.4, 0.5) is 14.9 Å². The SMILES string of the molecule is O=C(Nc1ccc(F)cc1)N1CCCC(n2nnc3c(=O)[nH]c(Cc4ccccc4Cl)nc32)C1. The topological polar surface area (TPSA) is 109 Å². The molecule has 1 aliphatic heterocycles. The first-order valence-electron chi connectivity index (χ1n) is 10.9. The van der Waals surface area contributed by atoms with Gasteiger partial charge in [-0.25, -0.2) is 18.9 Å². The fraction of sp³-hybridized carbons (Fsp3) is 0.261. The van der Waals surface area contributed by atoms with Gasteiger partial charge < -0.3 is 15.2 Å². The van der Waals surface area contributed by atoms with E-state index in [0.717, 1.165) is 18.4 Å². The third kappa shape index (κ3) is 4.49. The summed E-state index contributed by atoms with van der Waals surface area (Å²) in [6.07, 6.45) is 1.86. The molecule has 11 heteroatoms. The molecule has 0 radical (unpaired) electrons. The second-order valence-corrected chi connectivity index (χ2v) is 8.57. The number of amides is 2. The molecule has 9 nitrogen and oxygen atoms in total. The highest BCUT2D eigenvalue weighted by molar-refractivity contribution is 6.31. The van der Waals surface area contributed by atoms with Gasteiger partial charge in [0.2, 0.25) is 0 Å². The normalized spacial score (nSPS) is 16.1. The van der Waals surface area contributed by atoms with Crippen molar-refractivity contribution >= 4 is 34.5 Å². The zero-order valence-electron chi connectivity index (χ0n) is 18.0. The Morgan fingerprint density at radius 1 is 1.21 bits per heavy atom. The molecule has 0 aliphatic carbocycles. The summed E-state index contributed by atoms with van der Waals surface area (Å²) < 4.78 is 14.8. The Labute approximate surface area is 198 Å². The number of nitrogens with zero attached hydrogens (tertiary/aromatic N) is 5. The van der Waals surface area contributed by atoms with Gasteiger partial charge in [0.05, 0.1) is 6.04 Å². The van der Waals surface area contributed by atoms with Gasteiger partial charge in [-0.1, -0.05) is 35.0 Å². The number of H-pyrrole nitrogens is 1. The van der Waals surface area contributed by atoms with Gasteiger partial charge in [-0.3, -0.25) is 4.79 Å². The van der Waals surface area contributed by atoms with E-state index in [-0.39, 0.29) is 29.0 Å². The van der Waals surface area contributed by atoms with Crippen LogP contribution in [0.3, 0.4) is 0 Å². The highest BCUT2D eigenvalue weighted by atomic mass is 35.5. The summed E-state index contributed by atoms with van der Waals surface area (Å²) in [6, 6.07) is 12.5. The van der Waals surface area contributed by atoms with Gasteiger partial charge in [0, 0.05) is 30.2 Å². The highest BCUT2D eigenvalue weighted by Crippen LogP contribution is 2.24. The van der Waals surface area contributed by atoms with Gasteiger partial charge in [0.25, 0.3) is 5.56 Å². The van der Waals surface area contributed by atoms with E-state index in [9.17, 15) is 14.0 Å². The number of urea groups is 1. The Morgan fingerprint density at radius 2 is 2.00 bits per heavy atom. The predicted molar refractivity (Wildman–Crippen MR) is 125 cm³/mol. The number of aromatic amines is 1. The van der Waals surface area contributed by atoms with Gasteiger partial charge >= 0.3 is 6.03 Å². The first kappa shape index (κ1) is 22.0. The quantitative estimate of drug-likeness (QED) is 0.461. The number of carbonyl (C=O) groups is 1. The van der Waals surface area contributed by atoms with Crippen molar-refractivity contribution in [3.63, 3.8) is 0 Å². The minimum absolute atomic E-state index is 0.149. The number of hydrogen-bond donors (Lipinski definition) is 2. The molecule has 3 heterocycles. The number of carbonyl (C=O) groups excluding carboxylic acids is 1. The van der Waals surface area contributed by atoms with Crippen molar-refractivity contribution in [2.45, 2.75) is 25.3 Å². The van der Waals surface area contributed by atoms with Crippen LogP contribution >= 0.6 is 11.6 Å². The summed E-state index contributed by atoms with van der Waals surface area (Å²) in [5, 5.41) is 11.6. The summed E-state index contributed by atoms with van der Waals surface area (Å²) in [5.74, 6) is 0.0846. The maximum Gasteiger partial charge on any atom is 0.321 e. The van der Waals surface area contributed by atoms with Crippen LogP contribution in [0.5, 0.6) is 0 Å². The van der Waals surface area contributed by atoms with Gasteiger partial charge in [-0.2, -0.15) is 0 Å². The first-order chi connectivity index (χ1) is 16.5. The summed E-state index contributed by atoms with van der Waals surface area (Å²) in [7, 11) is 0. The molecule has 1 saturated heterocycles. The molecule has 0 saturated carbocycles. The maximum absolute atomic E-state index is 13.1. The number of benzene rings is 2. The van der Waals surface area contributed by atoms with Gasteiger partial charge in [0.1, 0.15) is 11.6 Å². The number of fused-ring (bicyclic) bond motifs is 1. The summed E-state index contributed by atoms with van der Waals surface area (Å²) in [5.41, 5.74) is 1.50. The molecule has 4 aromatic rings. The predicted octanol–water partition coefficient (Wildman–Crippen LogP) is 3.77. The lowest BCUT2D eigenvalue weighted by Gasteiger charge is -2.32. The number of nitrogens with one attached hydrogen (secondary N) is 2. The molecular weight excluding hydrogens is 461 g/mol. The van der Waals surface area contributed by atoms with Crippen molar-refractivity contribution in [2.75, 3.05) is 18.4 Å². The molecule has 0 spiro atoms. The average molecular weight is 482 g/mol. The van der Waals surface area contributed by atoms with Gasteiger partial charge in [-0.15, -0.1) is 5.10 Å². The summed E-state index contributed by atoms with van der Waals surface area (Å²) in [6.45, 7) is 0.946. The zero-order valence-corrected chi connectivity index (χ0v) is 18.8. The fourth-order valence-electron chi connectivity index (χ4n) is 4.11. The standard InChI is InChI=1S/C23H21ClFN7O2/c24-18-6-2-1-4-14(18)12-19-27-21-20(22(33)28-19)29-30-32(21)17-5-3-11-31(13-17)23(34)26-16-9-7-15(25)8-10-16/h1-2,4,6-10,17H,3,5,11-13H2,(H,26,34)(H,27,28,33). The second kappa shape index (κ2) is 9.22. The molecule has 34 heavy (non-hydrogen) atoms. The highest BCUT2D eigenvalue weighted by Gasteiger charge is 2.28. The minimum atomic E-state index is -0.375. The lowest BCUT2D eigenvalue weighted by molar-refractivity contribution is 0.175. The Morgan fingerprint density at radius 3 is 2.79 bits per heavy atom. The van der Waals surface area contributed by atoms with Crippen molar-refractivity contribution in [3.05, 3.63) is 81.1 Å². The molecule has 2 N–H and O–H groups in total. The van der Waals surface area contributed by atoms with E-state index in [2.05, 4.69) is 25.6 Å². The maximum atomic E-state index is 13.1. The van der Waals surface area contributed by atoms with E-state index >= 15 is 0 Å². The van der Waals surface area contributed by atoms with Crippen LogP contribution in [0.25, 0.3) is 11.2 Å². The van der Waals surface area contributed by atoms with Crippen molar-refractivity contribution in [2.24, 2.45) is 0 Å². The lowest BCUT2D eigenvalue weighted by Crippen LogP contribution is -2.43. The molecule has 0 bridgehead atoms. The number of aromatic nitrogens is 5. The number of hydrogen-bond acceptors (Lipinski definition) is 5. The summed E-state index contributed by atoms with van der Waals surface area (Å²) >= 11 is 6.26. The van der Waals surface area contributed by atoms with E-state index in [1.165, 1.54) is 24.3 Å². The van der Waals surface area contributed by atoms with Gasteiger partial charge in [0.15, 0.2) is 11.2 Å². The Balaban J connectivity index is 1.38. The molecule has 174 valence electrons. The van der Waals surface area contributed by atoms with Crippen LogP contribution in [0.1, 0.15) is 30.3 Å². The molecule has 1 aliphatic rings. The Kier molecular flexibility index (Phi) is 5.97. The second-order valence-electron chi connectivity index (χ2n) is 8.17. The lowest BCUT2D eigenvalue weighted by atomic mass is 10.1. The molecular formula is C23H21ClFN7O2. The first-order valence-corrected chi connectivity index (χ1v) is 11.2. The summed E-state index contributed by atoms with van der Waals surface area (Å²) in [4.78, 5) is 34.4. The average Bonchev–Trinajstić information content (AvgIpc) is 3.27. The van der Waals surface area contributed by atoms with Crippen LogP contribution in [-0.2, 0) is 6.42 Å². The van der Waals surface area contributed by atoms with E-state index in [0.29, 0.717) is 41.7 Å². The monoisotopic (exact) mass is 481 g/mol. The Bertz CT molecular complexity index is 1400. The smallest absolute Gasteiger partial charge is 0.321 e. The number of likely N-dealkylation sites (tertiary alicyclic amines) is 1. The molecule has 1 atom stereocenters. The molecule has 2 amide bonds. The van der Waals surface area contributed by atoms with Crippen molar-refractivity contribution < 1.29 is 9.18 Å². The largest absolute Gasteiger partial charge is 0.322 e. The molecule has 5 rings (SSSR count). The van der Waals surface area contributed by atoms with Crippen LogP contribution < -0.4 is 10.9 Å². The molecule has 1 unspecified atom stereocenters. The number of halogens is 2.